The number of esters is 1. The lowest BCUT2D eigenvalue weighted by molar-refractivity contribution is -0.405. The molecule has 0 amide bonds. The van der Waals surface area contributed by atoms with Crippen LogP contribution in [0.25, 0.3) is 0 Å². The Morgan fingerprint density at radius 3 is 1.87 bits per heavy atom. The third-order valence-corrected chi connectivity index (χ3v) is 22.1. The molecular weight excluding hydrogens is 1100 g/mol. The van der Waals surface area contributed by atoms with Gasteiger partial charge in [-0.2, -0.15) is 0 Å². The van der Waals surface area contributed by atoms with Crippen LogP contribution < -0.4 is 0 Å². The van der Waals surface area contributed by atoms with E-state index in [-0.39, 0.29) is 40.6 Å². The summed E-state index contributed by atoms with van der Waals surface area (Å²) >= 11 is 0. The Labute approximate surface area is 483 Å². The number of fused-ring (bicyclic) bond motifs is 7. The summed E-state index contributed by atoms with van der Waals surface area (Å²) in [6.45, 7) is 15.9. The largest absolute Gasteiger partial charge is 0.479 e. The van der Waals surface area contributed by atoms with Gasteiger partial charge in [0.15, 0.2) is 31.3 Å². The van der Waals surface area contributed by atoms with Gasteiger partial charge in [0.05, 0.1) is 44.1 Å². The predicted octanol–water partition coefficient (Wildman–Crippen LogP) is -1.37. The minimum Gasteiger partial charge on any atom is -0.479 e. The molecule has 8 fully saturated rings. The number of carbonyl (C=O) groups is 2. The zero-order chi connectivity index (χ0) is 61.0. The number of rotatable bonds is 14. The van der Waals surface area contributed by atoms with E-state index in [2.05, 4.69) is 40.7 Å². The molecule has 22 unspecified atom stereocenters. The number of aliphatic carboxylic acids is 1. The molecule has 4 saturated carbocycles. The Bertz CT molecular complexity index is 2390. The highest BCUT2D eigenvalue weighted by Crippen LogP contribution is 2.76. The van der Waals surface area contributed by atoms with E-state index in [1.165, 1.54) is 5.57 Å². The number of aliphatic hydroxyl groups is 13. The fourth-order valence-electron chi connectivity index (χ4n) is 17.1. The lowest BCUT2D eigenvalue weighted by Crippen LogP contribution is -2.70. The number of carbonyl (C=O) groups excluding carboxylic acids is 1. The molecular formula is C58H92O25. The second-order valence-corrected chi connectivity index (χ2v) is 27.5. The third-order valence-electron chi connectivity index (χ3n) is 22.1. The summed E-state index contributed by atoms with van der Waals surface area (Å²) in [5, 5.41) is 154. The molecule has 0 aromatic rings. The molecule has 9 rings (SSSR count). The van der Waals surface area contributed by atoms with Crippen molar-refractivity contribution < 1.29 is 124 Å². The molecule has 0 spiro atoms. The molecule has 0 bridgehead atoms. The first-order valence-corrected chi connectivity index (χ1v) is 29.4. The van der Waals surface area contributed by atoms with Crippen LogP contribution in [0, 0.1) is 50.2 Å². The summed E-state index contributed by atoms with van der Waals surface area (Å²) in [6.07, 6.45) is -30.5. The molecule has 25 heteroatoms. The molecule has 474 valence electrons. The van der Waals surface area contributed by atoms with Gasteiger partial charge in [0.1, 0.15) is 91.6 Å². The van der Waals surface area contributed by atoms with Crippen LogP contribution >= 0.6 is 0 Å². The monoisotopic (exact) mass is 1190 g/mol. The van der Waals surface area contributed by atoms with Crippen molar-refractivity contribution in [2.75, 3.05) is 26.4 Å². The van der Waals surface area contributed by atoms with E-state index in [9.17, 15) is 81.1 Å². The van der Waals surface area contributed by atoms with Gasteiger partial charge in [0, 0.05) is 5.57 Å². The maximum absolute atomic E-state index is 13.4. The molecule has 0 radical (unpaired) electrons. The van der Waals surface area contributed by atoms with E-state index in [1.54, 1.807) is 19.9 Å². The maximum Gasteiger partial charge on any atom is 0.335 e. The van der Waals surface area contributed by atoms with Crippen LogP contribution in [0.2, 0.25) is 0 Å². The van der Waals surface area contributed by atoms with Crippen molar-refractivity contribution in [1.82, 2.24) is 0 Å². The number of aliphatic hydroxyl groups excluding tert-OH is 13. The smallest absolute Gasteiger partial charge is 0.335 e. The number of carboxylic acids is 1. The van der Waals surface area contributed by atoms with Crippen LogP contribution in [-0.4, -0.2) is 245 Å². The molecule has 14 N–H and O–H groups in total. The lowest BCUT2D eigenvalue weighted by atomic mass is 9.33. The molecule has 0 aromatic heterocycles. The second-order valence-electron chi connectivity index (χ2n) is 27.5. The number of hydrogen-bond acceptors (Lipinski definition) is 24. The highest BCUT2D eigenvalue weighted by Gasteiger charge is 2.72. The standard InChI is InChI=1S/C58H92O25/c1-10-24(2)48(74)78-34-19-53(3,4)17-26-25-11-12-31-55(7)15-14-33(54(5,6)30(55)13-16-56(31,8)57(25,9)18-32(63)58(26,34)23-61)79-52-46(83-50-41(70)38(67)36(65)28(20-59)76-50)43(42(71)44(81-52)47(72)73)80-51-45(39(68)37(66)29(21-60)77-51)82-49-40(69)35(64)27(62)22-75-49/h10-11,26-46,49-52,59-71H,12-23H2,1-9H3,(H,72,73)/b24-10+/t26?,27?,28?,29?,30?,31?,32-,33+,34+,35?,36?,37?,38?,39?,40?,41?,42?,43?,44?,45?,46?,49?,50?,51?,52?,55+,56-,57-,58+/m1/s1. The van der Waals surface area contributed by atoms with Crippen LogP contribution in [0.1, 0.15) is 114 Å². The van der Waals surface area contributed by atoms with Crippen molar-refractivity contribution in [3.8, 4) is 0 Å². The highest BCUT2D eigenvalue weighted by atomic mass is 16.8. The maximum atomic E-state index is 13.4. The van der Waals surface area contributed by atoms with Crippen molar-refractivity contribution >= 4 is 11.9 Å². The first-order chi connectivity index (χ1) is 38.8. The quantitative estimate of drug-likeness (QED) is 0.0413. The van der Waals surface area contributed by atoms with E-state index in [0.717, 1.165) is 0 Å². The van der Waals surface area contributed by atoms with Crippen LogP contribution in [0.3, 0.4) is 0 Å². The van der Waals surface area contributed by atoms with E-state index in [0.29, 0.717) is 56.9 Å². The minimum absolute atomic E-state index is 0.0485. The van der Waals surface area contributed by atoms with E-state index in [4.69, 9.17) is 42.6 Å². The van der Waals surface area contributed by atoms with Gasteiger partial charge in [-0.3, -0.25) is 0 Å². The molecule has 5 aliphatic carbocycles. The van der Waals surface area contributed by atoms with Crippen molar-refractivity contribution in [2.45, 2.75) is 249 Å². The van der Waals surface area contributed by atoms with E-state index >= 15 is 0 Å². The van der Waals surface area contributed by atoms with Gasteiger partial charge in [-0.15, -0.1) is 0 Å². The van der Waals surface area contributed by atoms with E-state index < -0.39 is 183 Å². The average Bonchev–Trinajstić information content (AvgIpc) is 0.779. The second kappa shape index (κ2) is 23.8. The van der Waals surface area contributed by atoms with E-state index in [1.807, 2.05) is 13.8 Å². The van der Waals surface area contributed by atoms with Crippen LogP contribution in [0.5, 0.6) is 0 Å². The van der Waals surface area contributed by atoms with Gasteiger partial charge < -0.3 is 114 Å². The molecule has 4 heterocycles. The summed E-state index contributed by atoms with van der Waals surface area (Å²) in [6, 6.07) is 0. The Kier molecular flexibility index (Phi) is 18.7. The Morgan fingerprint density at radius 2 is 1.24 bits per heavy atom. The zero-order valence-corrected chi connectivity index (χ0v) is 48.8. The SMILES string of the molecule is C/C=C(\C)C(=O)O[C@H]1CC(C)(C)CC2C3=CCC4[C@@]5(C)CC[C@H](OC6OC(C(=O)O)C(O)C(OC7OC(CO)C(O)C(O)C7OC7OCC(O)C(O)C7O)C6OC6OC(CO)C(O)C(O)C6O)C(C)(C)C5CC[C@@]4(C)[C@]3(C)C[C@@H](O)[C@]21CO. The number of hydrogen-bond donors (Lipinski definition) is 14. The van der Waals surface area contributed by atoms with Gasteiger partial charge in [-0.05, 0) is 110 Å². The van der Waals surface area contributed by atoms with Crippen LogP contribution in [-0.2, 0) is 52.2 Å². The van der Waals surface area contributed by atoms with Crippen LogP contribution in [0.4, 0.5) is 0 Å². The molecule has 0 aromatic carbocycles. The summed E-state index contributed by atoms with van der Waals surface area (Å²) in [5.41, 5.74) is -1.93. The fourth-order valence-corrected chi connectivity index (χ4v) is 17.1. The van der Waals surface area contributed by atoms with Crippen molar-refractivity contribution in [3.05, 3.63) is 23.3 Å². The highest BCUT2D eigenvalue weighted by molar-refractivity contribution is 5.87. The normalized spacial score (nSPS) is 51.5. The summed E-state index contributed by atoms with van der Waals surface area (Å²) < 4.78 is 55.0. The average molecular weight is 1190 g/mol. The number of allylic oxidation sites excluding steroid dienone is 3. The van der Waals surface area contributed by atoms with Gasteiger partial charge in [-0.1, -0.05) is 66.2 Å². The Balaban J connectivity index is 1.04. The number of carboxylic acid groups (broad SMARTS) is 1. The number of ether oxygens (including phenoxy) is 9. The van der Waals surface area contributed by atoms with Gasteiger partial charge in [0.25, 0.3) is 0 Å². The molecule has 4 aliphatic heterocycles. The minimum atomic E-state index is -2.26. The summed E-state index contributed by atoms with van der Waals surface area (Å²) in [5.74, 6) is -2.53. The Hall–Kier alpha value is -2.42. The first kappa shape index (κ1) is 65.0. The van der Waals surface area contributed by atoms with Gasteiger partial charge in [0.2, 0.25) is 0 Å². The molecule has 9 aliphatic rings. The topological polar surface area (TPSA) is 400 Å². The molecule has 25 nitrogen and oxygen atoms in total. The fraction of sp³-hybridized carbons (Fsp3) is 0.897. The molecule has 4 saturated heterocycles. The first-order valence-electron chi connectivity index (χ1n) is 29.4. The Morgan fingerprint density at radius 1 is 0.639 bits per heavy atom. The molecule has 29 atom stereocenters. The zero-order valence-electron chi connectivity index (χ0n) is 48.8. The molecule has 83 heavy (non-hydrogen) atoms. The van der Waals surface area contributed by atoms with Crippen molar-refractivity contribution in [2.24, 2.45) is 50.2 Å². The summed E-state index contributed by atoms with van der Waals surface area (Å²) in [4.78, 5) is 26.6. The van der Waals surface area contributed by atoms with Crippen molar-refractivity contribution in [3.63, 3.8) is 0 Å². The lowest BCUT2D eigenvalue weighted by Gasteiger charge is -2.72. The predicted molar refractivity (Wildman–Crippen MR) is 283 cm³/mol. The van der Waals surface area contributed by atoms with Crippen molar-refractivity contribution in [1.29, 1.82) is 0 Å². The van der Waals surface area contributed by atoms with Crippen LogP contribution in [0.15, 0.2) is 23.3 Å². The van der Waals surface area contributed by atoms with Gasteiger partial charge >= 0.3 is 11.9 Å². The third kappa shape index (κ3) is 10.8. The summed E-state index contributed by atoms with van der Waals surface area (Å²) in [7, 11) is 0. The van der Waals surface area contributed by atoms with Gasteiger partial charge in [-0.25, -0.2) is 9.59 Å².